The van der Waals surface area contributed by atoms with Gasteiger partial charge in [0.25, 0.3) is 0 Å². The van der Waals surface area contributed by atoms with Crippen LogP contribution >= 0.6 is 11.8 Å². The molecule has 1 fully saturated rings. The Morgan fingerprint density at radius 3 is 2.14 bits per heavy atom. The fraction of sp³-hybridized carbons (Fsp3) is 0.515. The number of methoxy groups -OCH3 is 5. The van der Waals surface area contributed by atoms with Crippen molar-refractivity contribution in [3.05, 3.63) is 59.2 Å². The lowest BCUT2D eigenvalue weighted by molar-refractivity contribution is 0.0591. The highest BCUT2D eigenvalue weighted by atomic mass is 32.2. The fourth-order valence-corrected chi connectivity index (χ4v) is 8.86. The second-order valence-electron chi connectivity index (χ2n) is 10.6. The van der Waals surface area contributed by atoms with E-state index in [9.17, 15) is 8.42 Å². The van der Waals surface area contributed by atoms with E-state index in [0.717, 1.165) is 28.0 Å². The summed E-state index contributed by atoms with van der Waals surface area (Å²) in [6.45, 7) is 4.23. The molecule has 1 heterocycles. The largest absolute Gasteiger partial charge is 0.497 e. The Morgan fingerprint density at radius 1 is 0.909 bits per heavy atom. The Labute approximate surface area is 265 Å². The van der Waals surface area contributed by atoms with Crippen molar-refractivity contribution in [1.82, 2.24) is 0 Å². The predicted octanol–water partition coefficient (Wildman–Crippen LogP) is 6.51. The van der Waals surface area contributed by atoms with Crippen LogP contribution in [0.4, 0.5) is 0 Å². The lowest BCUT2D eigenvalue weighted by Gasteiger charge is -2.39. The standard InChI is InChI=1S/C33H44O9S2/c1-9-15-44(34,35)33(40-7)20-21(11-12-25(33)24-18-23(36-3)19-30(41-10-2)32(24)43-8)26-13-14-27(42-26)22-16-28(37-4)31(39-6)29(17-22)38-5/h11-12,16-20,25-27H,9-10,13-15H2,1-8H3/t25?,26-,27-,33?/m1/s1. The SMILES string of the molecule is CCCS(=O)(=O)C1(OC)C=C([C@H]2CC[C@H](c3cc(OC)c(OC)c(OC)c3)O2)C=CC1c1cc(OC)cc(OCC)c1SC. The molecule has 0 amide bonds. The van der Waals surface area contributed by atoms with Crippen LogP contribution in [-0.2, 0) is 19.3 Å². The van der Waals surface area contributed by atoms with Crippen LogP contribution in [0.3, 0.4) is 0 Å². The fourth-order valence-electron chi connectivity index (χ4n) is 6.10. The minimum absolute atomic E-state index is 0.0363. The van der Waals surface area contributed by atoms with Gasteiger partial charge in [-0.15, -0.1) is 11.8 Å². The van der Waals surface area contributed by atoms with Crippen LogP contribution in [-0.4, -0.2) is 73.6 Å². The molecular formula is C33H44O9S2. The Morgan fingerprint density at radius 2 is 1.59 bits per heavy atom. The molecule has 4 rings (SSSR count). The van der Waals surface area contributed by atoms with Crippen molar-refractivity contribution in [3.8, 4) is 28.7 Å². The van der Waals surface area contributed by atoms with Gasteiger partial charge in [0, 0.05) is 13.2 Å². The zero-order valence-electron chi connectivity index (χ0n) is 26.8. The predicted molar refractivity (Wildman–Crippen MR) is 173 cm³/mol. The third kappa shape index (κ3) is 6.29. The van der Waals surface area contributed by atoms with Crippen LogP contribution in [0.5, 0.6) is 28.7 Å². The molecule has 1 aliphatic heterocycles. The second-order valence-corrected chi connectivity index (χ2v) is 13.6. The molecule has 0 saturated carbocycles. The van der Waals surface area contributed by atoms with Gasteiger partial charge in [0.15, 0.2) is 26.3 Å². The first-order valence-electron chi connectivity index (χ1n) is 14.7. The Kier molecular flexibility index (Phi) is 11.2. The molecule has 44 heavy (non-hydrogen) atoms. The molecule has 0 bridgehead atoms. The maximum absolute atomic E-state index is 14.2. The summed E-state index contributed by atoms with van der Waals surface area (Å²) < 4.78 is 69.2. The minimum atomic E-state index is -3.81. The highest BCUT2D eigenvalue weighted by molar-refractivity contribution is 7.98. The molecule has 1 saturated heterocycles. The summed E-state index contributed by atoms with van der Waals surface area (Å²) in [5.41, 5.74) is 2.41. The van der Waals surface area contributed by atoms with E-state index in [1.54, 1.807) is 34.5 Å². The van der Waals surface area contributed by atoms with Crippen molar-refractivity contribution in [2.24, 2.45) is 0 Å². The van der Waals surface area contributed by atoms with Crippen LogP contribution in [0.1, 0.15) is 56.3 Å². The molecule has 2 aromatic rings. The van der Waals surface area contributed by atoms with Crippen molar-refractivity contribution in [2.75, 3.05) is 54.2 Å². The summed E-state index contributed by atoms with van der Waals surface area (Å²) in [4.78, 5) is -0.826. The van der Waals surface area contributed by atoms with Crippen LogP contribution in [0, 0.1) is 0 Å². The summed E-state index contributed by atoms with van der Waals surface area (Å²) in [5.74, 6) is 2.14. The number of hydrogen-bond donors (Lipinski definition) is 0. The van der Waals surface area contributed by atoms with E-state index < -0.39 is 20.7 Å². The number of hydrogen-bond acceptors (Lipinski definition) is 10. The Hall–Kier alpha value is -2.86. The molecular weight excluding hydrogens is 604 g/mol. The minimum Gasteiger partial charge on any atom is -0.497 e. The van der Waals surface area contributed by atoms with E-state index in [-0.39, 0.29) is 18.0 Å². The highest BCUT2D eigenvalue weighted by Gasteiger charge is 2.51. The van der Waals surface area contributed by atoms with E-state index in [1.807, 2.05) is 56.5 Å². The maximum atomic E-state index is 14.2. The average Bonchev–Trinajstić information content (AvgIpc) is 3.53. The van der Waals surface area contributed by atoms with Gasteiger partial charge in [0.1, 0.15) is 11.5 Å². The maximum Gasteiger partial charge on any atom is 0.203 e. The Balaban J connectivity index is 1.78. The van der Waals surface area contributed by atoms with Crippen molar-refractivity contribution >= 4 is 21.6 Å². The van der Waals surface area contributed by atoms with Crippen molar-refractivity contribution < 1.29 is 41.6 Å². The van der Waals surface area contributed by atoms with E-state index >= 15 is 0 Å². The highest BCUT2D eigenvalue weighted by Crippen LogP contribution is 2.50. The average molecular weight is 649 g/mol. The third-order valence-corrected chi connectivity index (χ3v) is 11.4. The molecule has 2 aromatic carbocycles. The van der Waals surface area contributed by atoms with Gasteiger partial charge in [-0.2, -0.15) is 0 Å². The molecule has 4 atom stereocenters. The first-order chi connectivity index (χ1) is 21.2. The molecule has 11 heteroatoms. The molecule has 0 spiro atoms. The molecule has 0 aromatic heterocycles. The van der Waals surface area contributed by atoms with Crippen LogP contribution in [0.25, 0.3) is 0 Å². The number of rotatable bonds is 14. The first-order valence-corrected chi connectivity index (χ1v) is 17.6. The van der Waals surface area contributed by atoms with Gasteiger partial charge in [-0.1, -0.05) is 19.1 Å². The summed E-state index contributed by atoms with van der Waals surface area (Å²) in [7, 11) is 3.96. The van der Waals surface area contributed by atoms with Crippen LogP contribution in [0.2, 0.25) is 0 Å². The van der Waals surface area contributed by atoms with Crippen molar-refractivity contribution in [3.63, 3.8) is 0 Å². The third-order valence-electron chi connectivity index (χ3n) is 8.14. The topological polar surface area (TPSA) is 98.8 Å². The van der Waals surface area contributed by atoms with E-state index in [4.69, 9.17) is 33.2 Å². The number of thioether (sulfide) groups is 1. The Bertz CT molecular complexity index is 1460. The molecule has 9 nitrogen and oxygen atoms in total. The molecule has 2 aliphatic rings. The molecule has 242 valence electrons. The summed E-state index contributed by atoms with van der Waals surface area (Å²) in [5, 5.41) is 0. The second kappa shape index (κ2) is 14.5. The zero-order chi connectivity index (χ0) is 32.1. The molecule has 0 radical (unpaired) electrons. The van der Waals surface area contributed by atoms with E-state index in [1.165, 1.54) is 18.9 Å². The van der Waals surface area contributed by atoms with Gasteiger partial charge in [-0.3, -0.25) is 0 Å². The molecule has 2 unspecified atom stereocenters. The smallest absolute Gasteiger partial charge is 0.203 e. The summed E-state index contributed by atoms with van der Waals surface area (Å²) in [6.07, 6.45) is 8.88. The van der Waals surface area contributed by atoms with Crippen molar-refractivity contribution in [2.45, 2.75) is 61.1 Å². The lowest BCUT2D eigenvalue weighted by Crippen LogP contribution is -2.47. The first kappa shape index (κ1) is 34.0. The number of ether oxygens (including phenoxy) is 7. The van der Waals surface area contributed by atoms with Gasteiger partial charge in [0.2, 0.25) is 5.75 Å². The van der Waals surface area contributed by atoms with Crippen LogP contribution in [0.15, 0.2) is 53.0 Å². The normalized spacial score (nSPS) is 23.3. The zero-order valence-corrected chi connectivity index (χ0v) is 28.4. The summed E-state index contributed by atoms with van der Waals surface area (Å²) >= 11 is 1.50. The lowest BCUT2D eigenvalue weighted by atomic mass is 9.85. The van der Waals surface area contributed by atoms with Gasteiger partial charge in [0.05, 0.1) is 63.8 Å². The van der Waals surface area contributed by atoms with Gasteiger partial charge < -0.3 is 33.2 Å². The van der Waals surface area contributed by atoms with Crippen LogP contribution < -0.4 is 23.7 Å². The van der Waals surface area contributed by atoms with Gasteiger partial charge >= 0.3 is 0 Å². The number of sulfone groups is 1. The van der Waals surface area contributed by atoms with E-state index in [0.29, 0.717) is 48.2 Å². The quantitative estimate of drug-likeness (QED) is 0.211. The van der Waals surface area contributed by atoms with Gasteiger partial charge in [-0.05, 0) is 73.4 Å². The monoisotopic (exact) mass is 648 g/mol. The van der Waals surface area contributed by atoms with Crippen molar-refractivity contribution in [1.29, 1.82) is 0 Å². The summed E-state index contributed by atoms with van der Waals surface area (Å²) in [6, 6.07) is 7.49. The number of benzene rings is 2. The molecule has 1 aliphatic carbocycles. The van der Waals surface area contributed by atoms with E-state index in [2.05, 4.69) is 0 Å². The molecule has 0 N–H and O–H groups in total. The van der Waals surface area contributed by atoms with Gasteiger partial charge in [-0.25, -0.2) is 8.42 Å².